The molecule has 0 atom stereocenters. The van der Waals surface area contributed by atoms with E-state index in [1.165, 1.54) is 69.4 Å². The summed E-state index contributed by atoms with van der Waals surface area (Å²) in [5, 5.41) is 13.2. The summed E-state index contributed by atoms with van der Waals surface area (Å²) in [6.45, 7) is 0. The average Bonchev–Trinajstić information content (AvgIpc) is 3.92. The average molecular weight is 693 g/mol. The standard InChI is InChI=1S/C50H28O2S/c1-2-11-29(12-3-1)44-26-32-27-46-42(28-45(32)51-44)40-18-10-19-41(50(40)53-46)48-37-16-6-4-14-35(37)47(36-15-5-7-17-38(36)48)31-22-23-33-30(25-31)21-24-39-34-13-8-9-20-43(34)52-49(33)39/h1-28H. The van der Waals surface area contributed by atoms with Crippen molar-refractivity contribution in [3.8, 4) is 33.6 Å². The van der Waals surface area contributed by atoms with Gasteiger partial charge in [0, 0.05) is 52.8 Å². The minimum absolute atomic E-state index is 0.899. The Morgan fingerprint density at radius 3 is 1.83 bits per heavy atom. The Morgan fingerprint density at radius 1 is 0.358 bits per heavy atom. The quantitative estimate of drug-likeness (QED) is 0.172. The molecule has 246 valence electrons. The minimum Gasteiger partial charge on any atom is -0.456 e. The van der Waals surface area contributed by atoms with Gasteiger partial charge in [0.25, 0.3) is 0 Å². The van der Waals surface area contributed by atoms with E-state index in [0.29, 0.717) is 0 Å². The van der Waals surface area contributed by atoms with Crippen LogP contribution in [0.2, 0.25) is 0 Å². The molecule has 3 heterocycles. The molecule has 0 aliphatic carbocycles. The first kappa shape index (κ1) is 29.0. The molecule has 0 aliphatic rings. The fourth-order valence-corrected chi connectivity index (χ4v) is 9.92. The second kappa shape index (κ2) is 10.9. The van der Waals surface area contributed by atoms with Crippen LogP contribution < -0.4 is 0 Å². The van der Waals surface area contributed by atoms with Crippen molar-refractivity contribution in [2.24, 2.45) is 0 Å². The fraction of sp³-hybridized carbons (Fsp3) is 0. The van der Waals surface area contributed by atoms with Gasteiger partial charge in [-0.1, -0.05) is 127 Å². The largest absolute Gasteiger partial charge is 0.456 e. The summed E-state index contributed by atoms with van der Waals surface area (Å²) in [5.74, 6) is 0.899. The fourth-order valence-electron chi connectivity index (χ4n) is 8.67. The molecule has 3 heteroatoms. The highest BCUT2D eigenvalue weighted by Gasteiger charge is 2.21. The maximum Gasteiger partial charge on any atom is 0.143 e. The molecular weight excluding hydrogens is 665 g/mol. The van der Waals surface area contributed by atoms with Crippen molar-refractivity contribution < 1.29 is 8.83 Å². The lowest BCUT2D eigenvalue weighted by atomic mass is 9.85. The van der Waals surface area contributed by atoms with Crippen molar-refractivity contribution in [1.82, 2.24) is 0 Å². The van der Waals surface area contributed by atoms with E-state index >= 15 is 0 Å². The smallest absolute Gasteiger partial charge is 0.143 e. The lowest BCUT2D eigenvalue weighted by Gasteiger charge is -2.18. The van der Waals surface area contributed by atoms with Gasteiger partial charge in [0.05, 0.1) is 0 Å². The third-order valence-electron chi connectivity index (χ3n) is 11.0. The van der Waals surface area contributed by atoms with Gasteiger partial charge in [-0.25, -0.2) is 0 Å². The van der Waals surface area contributed by atoms with Gasteiger partial charge >= 0.3 is 0 Å². The highest BCUT2D eigenvalue weighted by Crippen LogP contribution is 2.49. The maximum absolute atomic E-state index is 6.43. The second-order valence-electron chi connectivity index (χ2n) is 14.0. The number of fused-ring (bicyclic) bond motifs is 11. The van der Waals surface area contributed by atoms with Crippen molar-refractivity contribution in [3.63, 3.8) is 0 Å². The molecule has 0 amide bonds. The molecule has 12 aromatic rings. The van der Waals surface area contributed by atoms with Crippen molar-refractivity contribution in [3.05, 3.63) is 170 Å². The van der Waals surface area contributed by atoms with E-state index in [-0.39, 0.29) is 0 Å². The molecule has 0 N–H and O–H groups in total. The summed E-state index contributed by atoms with van der Waals surface area (Å²) in [5.41, 5.74) is 8.86. The second-order valence-corrected chi connectivity index (χ2v) is 15.0. The normalized spacial score (nSPS) is 12.2. The third kappa shape index (κ3) is 4.20. The van der Waals surface area contributed by atoms with Crippen LogP contribution in [-0.2, 0) is 0 Å². The van der Waals surface area contributed by atoms with E-state index in [1.54, 1.807) is 0 Å². The number of furan rings is 2. The van der Waals surface area contributed by atoms with E-state index < -0.39 is 0 Å². The molecule has 0 aliphatic heterocycles. The Morgan fingerprint density at radius 2 is 1.04 bits per heavy atom. The topological polar surface area (TPSA) is 26.3 Å². The molecule has 0 unspecified atom stereocenters. The molecule has 0 saturated heterocycles. The first-order valence-electron chi connectivity index (χ1n) is 18.0. The van der Waals surface area contributed by atoms with E-state index in [9.17, 15) is 0 Å². The van der Waals surface area contributed by atoms with E-state index in [4.69, 9.17) is 8.83 Å². The van der Waals surface area contributed by atoms with Crippen LogP contribution in [0.3, 0.4) is 0 Å². The summed E-state index contributed by atoms with van der Waals surface area (Å²) in [7, 11) is 0. The number of thiophene rings is 1. The molecule has 0 saturated carbocycles. The monoisotopic (exact) mass is 692 g/mol. The van der Waals surface area contributed by atoms with Crippen LogP contribution >= 0.6 is 11.3 Å². The van der Waals surface area contributed by atoms with Gasteiger partial charge < -0.3 is 8.83 Å². The molecule has 0 fully saturated rings. The molecule has 0 spiro atoms. The molecular formula is C50H28O2S. The number of hydrogen-bond donors (Lipinski definition) is 0. The van der Waals surface area contributed by atoms with Crippen molar-refractivity contribution >= 4 is 96.7 Å². The van der Waals surface area contributed by atoms with Crippen LogP contribution in [-0.4, -0.2) is 0 Å². The van der Waals surface area contributed by atoms with Gasteiger partial charge in [0.1, 0.15) is 22.5 Å². The number of benzene rings is 9. The number of rotatable bonds is 3. The summed E-state index contributed by atoms with van der Waals surface area (Å²) in [6, 6.07) is 61.3. The van der Waals surface area contributed by atoms with Crippen LogP contribution in [0, 0.1) is 0 Å². The minimum atomic E-state index is 0.899. The van der Waals surface area contributed by atoms with Crippen LogP contribution in [0.4, 0.5) is 0 Å². The first-order valence-corrected chi connectivity index (χ1v) is 18.8. The van der Waals surface area contributed by atoms with Gasteiger partial charge in [0.15, 0.2) is 0 Å². The first-order chi connectivity index (χ1) is 26.3. The Bertz CT molecular complexity index is 3390. The zero-order chi connectivity index (χ0) is 34.6. The highest BCUT2D eigenvalue weighted by molar-refractivity contribution is 7.26. The molecule has 0 bridgehead atoms. The van der Waals surface area contributed by atoms with Gasteiger partial charge in [-0.2, -0.15) is 0 Å². The summed E-state index contributed by atoms with van der Waals surface area (Å²) >= 11 is 1.87. The number of hydrogen-bond acceptors (Lipinski definition) is 3. The summed E-state index contributed by atoms with van der Waals surface area (Å²) in [4.78, 5) is 0. The molecule has 9 aromatic carbocycles. The van der Waals surface area contributed by atoms with Crippen LogP contribution in [0.1, 0.15) is 0 Å². The third-order valence-corrected chi connectivity index (χ3v) is 12.2. The summed E-state index contributed by atoms with van der Waals surface area (Å²) in [6.07, 6.45) is 0. The predicted molar refractivity (Wildman–Crippen MR) is 225 cm³/mol. The molecule has 3 aromatic heterocycles. The van der Waals surface area contributed by atoms with Gasteiger partial charge in [-0.3, -0.25) is 0 Å². The molecule has 12 rings (SSSR count). The van der Waals surface area contributed by atoms with E-state index in [2.05, 4.69) is 152 Å². The van der Waals surface area contributed by atoms with Crippen molar-refractivity contribution in [2.45, 2.75) is 0 Å². The SMILES string of the molecule is c1ccc(-c2cc3cc4sc5c(-c6c7ccccc7c(-c7ccc8c(ccc9c%10ccccc%10oc89)c7)c7ccccc67)cccc5c4cc3o2)cc1. The van der Waals surface area contributed by atoms with Crippen LogP contribution in [0.5, 0.6) is 0 Å². The van der Waals surface area contributed by atoms with Crippen LogP contribution in [0.15, 0.2) is 179 Å². The lowest BCUT2D eigenvalue weighted by molar-refractivity contribution is 0.632. The Balaban J connectivity index is 1.08. The molecule has 53 heavy (non-hydrogen) atoms. The van der Waals surface area contributed by atoms with Gasteiger partial charge in [-0.05, 0) is 86.1 Å². The zero-order valence-electron chi connectivity index (χ0n) is 28.4. The Labute approximate surface area is 307 Å². The van der Waals surface area contributed by atoms with E-state index in [0.717, 1.165) is 49.6 Å². The Hall–Kier alpha value is -6.68. The van der Waals surface area contributed by atoms with Gasteiger partial charge in [0.2, 0.25) is 0 Å². The van der Waals surface area contributed by atoms with Crippen molar-refractivity contribution in [2.75, 3.05) is 0 Å². The van der Waals surface area contributed by atoms with Crippen LogP contribution in [0.25, 0.3) is 119 Å². The highest BCUT2D eigenvalue weighted by atomic mass is 32.1. The lowest BCUT2D eigenvalue weighted by Crippen LogP contribution is -1.91. The molecule has 0 radical (unpaired) electrons. The molecule has 2 nitrogen and oxygen atoms in total. The zero-order valence-corrected chi connectivity index (χ0v) is 29.2. The van der Waals surface area contributed by atoms with Gasteiger partial charge in [-0.15, -0.1) is 11.3 Å². The number of para-hydroxylation sites is 1. The van der Waals surface area contributed by atoms with Crippen molar-refractivity contribution in [1.29, 1.82) is 0 Å². The summed E-state index contributed by atoms with van der Waals surface area (Å²) < 4.78 is 15.4. The maximum atomic E-state index is 6.43. The Kier molecular flexibility index (Phi) is 5.96. The van der Waals surface area contributed by atoms with E-state index in [1.807, 2.05) is 29.5 Å². The predicted octanol–water partition coefficient (Wildman–Crippen LogP) is 15.2.